The van der Waals surface area contributed by atoms with E-state index in [1.54, 1.807) is 13.8 Å². The van der Waals surface area contributed by atoms with E-state index in [1.165, 1.54) is 0 Å². The summed E-state index contributed by atoms with van der Waals surface area (Å²) in [5.74, 6) is 0.170. The van der Waals surface area contributed by atoms with E-state index in [0.717, 1.165) is 37.4 Å². The molecule has 0 atom stereocenters. The van der Waals surface area contributed by atoms with E-state index in [0.29, 0.717) is 0 Å². The van der Waals surface area contributed by atoms with Crippen LogP contribution in [-0.4, -0.2) is 47.4 Å². The largest absolute Gasteiger partial charge is 0.342 e. The van der Waals surface area contributed by atoms with E-state index in [1.807, 2.05) is 13.8 Å². The molecule has 150 valence electrons. The molecule has 0 bridgehead atoms. The first kappa shape index (κ1) is 24.2. The lowest BCUT2D eigenvalue weighted by atomic mass is 9.97. The van der Waals surface area contributed by atoms with Crippen molar-refractivity contribution in [1.29, 1.82) is 10.8 Å². The third-order valence-electron chi connectivity index (χ3n) is 3.40. The summed E-state index contributed by atoms with van der Waals surface area (Å²) in [7, 11) is 0. The third kappa shape index (κ3) is 13.5. The summed E-state index contributed by atoms with van der Waals surface area (Å²) >= 11 is 0. The van der Waals surface area contributed by atoms with Crippen molar-refractivity contribution in [3.63, 3.8) is 0 Å². The summed E-state index contributed by atoms with van der Waals surface area (Å²) in [6, 6.07) is 0. The number of nitrogens with zero attached hydrogens (tertiary/aromatic N) is 2. The molecule has 0 saturated carbocycles. The third-order valence-corrected chi connectivity index (χ3v) is 3.40. The molecule has 8 heteroatoms. The van der Waals surface area contributed by atoms with Crippen LogP contribution in [0.1, 0.15) is 68.2 Å². The van der Waals surface area contributed by atoms with Gasteiger partial charge in [0, 0.05) is 50.9 Å². The van der Waals surface area contributed by atoms with Crippen molar-refractivity contribution >= 4 is 23.2 Å². The standard InChI is InChI=1S/C18H36N6O2/c1-13(23-25-15(3)19)11-17(5,6)21-9-10-22-18(7,8)12-14(2)24-26-16(4)20/h19-22H,9-12H2,1-8H3/b19-15?,20-16?,23-13+,24-14?. The quantitative estimate of drug-likeness (QED) is 0.194. The van der Waals surface area contributed by atoms with Crippen LogP contribution in [0, 0.1) is 10.8 Å². The molecule has 0 aromatic heterocycles. The number of hydrogen-bond acceptors (Lipinski definition) is 8. The molecule has 0 aromatic rings. The fourth-order valence-corrected chi connectivity index (χ4v) is 2.56. The van der Waals surface area contributed by atoms with Crippen LogP contribution in [0.2, 0.25) is 0 Å². The SMILES string of the molecule is CC(=N)ON=C(C)CC(C)(C)NCCNC(C)(C)C/C(C)=N/OC(C)=N. The van der Waals surface area contributed by atoms with Gasteiger partial charge in [-0.05, 0) is 41.5 Å². The Labute approximate surface area is 157 Å². The van der Waals surface area contributed by atoms with Crippen molar-refractivity contribution in [2.45, 2.75) is 79.3 Å². The summed E-state index contributed by atoms with van der Waals surface area (Å²) in [6.07, 6.45) is 1.46. The maximum atomic E-state index is 7.23. The fourth-order valence-electron chi connectivity index (χ4n) is 2.56. The topological polar surface area (TPSA) is 115 Å². The van der Waals surface area contributed by atoms with E-state index >= 15 is 0 Å². The molecular formula is C18H36N6O2. The van der Waals surface area contributed by atoms with Gasteiger partial charge in [0.25, 0.3) is 0 Å². The van der Waals surface area contributed by atoms with E-state index in [9.17, 15) is 0 Å². The highest BCUT2D eigenvalue weighted by molar-refractivity contribution is 5.83. The van der Waals surface area contributed by atoms with Gasteiger partial charge in [-0.15, -0.1) is 0 Å². The van der Waals surface area contributed by atoms with Crippen molar-refractivity contribution in [2.75, 3.05) is 13.1 Å². The van der Waals surface area contributed by atoms with E-state index in [-0.39, 0.29) is 22.9 Å². The zero-order valence-corrected chi connectivity index (χ0v) is 17.5. The summed E-state index contributed by atoms with van der Waals surface area (Å²) in [4.78, 5) is 9.78. The summed E-state index contributed by atoms with van der Waals surface area (Å²) in [5, 5.41) is 29.3. The smallest absolute Gasteiger partial charge is 0.214 e. The van der Waals surface area contributed by atoms with Crippen LogP contribution in [0.5, 0.6) is 0 Å². The van der Waals surface area contributed by atoms with Gasteiger partial charge in [-0.3, -0.25) is 10.8 Å². The van der Waals surface area contributed by atoms with Gasteiger partial charge in [-0.2, -0.15) is 0 Å². The van der Waals surface area contributed by atoms with E-state index in [4.69, 9.17) is 20.5 Å². The molecule has 0 spiro atoms. The van der Waals surface area contributed by atoms with Crippen molar-refractivity contribution in [3.8, 4) is 0 Å². The van der Waals surface area contributed by atoms with Gasteiger partial charge in [0.1, 0.15) is 0 Å². The molecule has 26 heavy (non-hydrogen) atoms. The van der Waals surface area contributed by atoms with Crippen molar-refractivity contribution in [2.24, 2.45) is 10.3 Å². The van der Waals surface area contributed by atoms with Crippen molar-refractivity contribution in [1.82, 2.24) is 10.6 Å². The van der Waals surface area contributed by atoms with Gasteiger partial charge in [0.05, 0.1) is 11.4 Å². The van der Waals surface area contributed by atoms with E-state index in [2.05, 4.69) is 48.6 Å². The summed E-state index contributed by atoms with van der Waals surface area (Å²) in [6.45, 7) is 17.0. The van der Waals surface area contributed by atoms with Crippen LogP contribution in [0.3, 0.4) is 0 Å². The Morgan fingerprint density at radius 3 is 1.31 bits per heavy atom. The Balaban J connectivity index is 4.29. The molecule has 0 amide bonds. The van der Waals surface area contributed by atoms with Crippen LogP contribution in [0.15, 0.2) is 10.3 Å². The van der Waals surface area contributed by atoms with Crippen LogP contribution in [0.25, 0.3) is 0 Å². The second-order valence-corrected chi connectivity index (χ2v) is 7.92. The van der Waals surface area contributed by atoms with Gasteiger partial charge < -0.3 is 20.3 Å². The number of nitrogens with one attached hydrogen (secondary N) is 4. The Morgan fingerprint density at radius 1 is 0.731 bits per heavy atom. The molecule has 0 saturated heterocycles. The minimum atomic E-state index is -0.120. The van der Waals surface area contributed by atoms with Gasteiger partial charge in [0.15, 0.2) is 0 Å². The maximum Gasteiger partial charge on any atom is 0.214 e. The predicted molar refractivity (Wildman–Crippen MR) is 109 cm³/mol. The molecule has 0 radical (unpaired) electrons. The van der Waals surface area contributed by atoms with Crippen LogP contribution in [0.4, 0.5) is 0 Å². The first-order valence-corrected chi connectivity index (χ1v) is 8.84. The lowest BCUT2D eigenvalue weighted by Gasteiger charge is -2.29. The lowest BCUT2D eigenvalue weighted by molar-refractivity contribution is 0.311. The lowest BCUT2D eigenvalue weighted by Crippen LogP contribution is -2.48. The average Bonchev–Trinajstić information content (AvgIpc) is 2.47. The van der Waals surface area contributed by atoms with Crippen LogP contribution < -0.4 is 10.6 Å². The zero-order chi connectivity index (χ0) is 20.4. The maximum absolute atomic E-state index is 7.23. The monoisotopic (exact) mass is 368 g/mol. The van der Waals surface area contributed by atoms with Crippen molar-refractivity contribution in [3.05, 3.63) is 0 Å². The summed E-state index contributed by atoms with van der Waals surface area (Å²) in [5.41, 5.74) is 1.45. The molecule has 4 N–H and O–H groups in total. The van der Waals surface area contributed by atoms with Gasteiger partial charge in [0.2, 0.25) is 11.8 Å². The van der Waals surface area contributed by atoms with Crippen molar-refractivity contribution < 1.29 is 9.68 Å². The predicted octanol–water partition coefficient (Wildman–Crippen LogP) is 3.28. The second kappa shape index (κ2) is 11.0. The highest BCUT2D eigenvalue weighted by atomic mass is 16.6. The molecule has 0 unspecified atom stereocenters. The Hall–Kier alpha value is -1.80. The molecule has 0 fully saturated rings. The highest BCUT2D eigenvalue weighted by Gasteiger charge is 2.21. The molecule has 0 aliphatic heterocycles. The molecular weight excluding hydrogens is 332 g/mol. The molecule has 0 aliphatic carbocycles. The number of rotatable bonds is 11. The first-order chi connectivity index (χ1) is 11.8. The van der Waals surface area contributed by atoms with Crippen LogP contribution in [-0.2, 0) is 9.68 Å². The number of oxime groups is 2. The second-order valence-electron chi connectivity index (χ2n) is 7.92. The molecule has 0 heterocycles. The average molecular weight is 369 g/mol. The molecule has 0 aromatic carbocycles. The molecule has 8 nitrogen and oxygen atoms in total. The Bertz CT molecular complexity index is 490. The Morgan fingerprint density at radius 2 is 1.04 bits per heavy atom. The van der Waals surface area contributed by atoms with Crippen LogP contribution >= 0.6 is 0 Å². The minimum Gasteiger partial charge on any atom is -0.342 e. The van der Waals surface area contributed by atoms with Gasteiger partial charge in [-0.25, -0.2) is 0 Å². The highest BCUT2D eigenvalue weighted by Crippen LogP contribution is 2.11. The first-order valence-electron chi connectivity index (χ1n) is 8.84. The minimum absolute atomic E-state index is 0.0848. The molecule has 0 aliphatic rings. The normalized spacial score (nSPS) is 13.5. The fraction of sp³-hybridized carbons (Fsp3) is 0.778. The Kier molecular flexibility index (Phi) is 10.3. The van der Waals surface area contributed by atoms with Gasteiger partial charge >= 0.3 is 0 Å². The molecule has 0 rings (SSSR count). The number of hydrogen-bond donors (Lipinski definition) is 4. The van der Waals surface area contributed by atoms with E-state index < -0.39 is 0 Å². The zero-order valence-electron chi connectivity index (χ0n) is 17.5. The summed E-state index contributed by atoms with van der Waals surface area (Å²) < 4.78 is 0. The van der Waals surface area contributed by atoms with Gasteiger partial charge in [-0.1, -0.05) is 10.3 Å².